The highest BCUT2D eigenvalue weighted by atomic mass is 35.5. The van der Waals surface area contributed by atoms with Crippen molar-refractivity contribution < 1.29 is 42.9 Å². The molecule has 0 aromatic heterocycles. The Morgan fingerprint density at radius 3 is 2.29 bits per heavy atom. The van der Waals surface area contributed by atoms with Crippen molar-refractivity contribution in [3.63, 3.8) is 0 Å². The quantitative estimate of drug-likeness (QED) is 0.130. The van der Waals surface area contributed by atoms with Gasteiger partial charge in [-0.15, -0.1) is 34.8 Å². The van der Waals surface area contributed by atoms with Crippen LogP contribution in [0.4, 0.5) is 0 Å². The maximum absolute atomic E-state index is 12.5. The number of halogens is 3. The molecule has 38 heavy (non-hydrogen) atoms. The van der Waals surface area contributed by atoms with Gasteiger partial charge in [0.1, 0.15) is 37.0 Å². The van der Waals surface area contributed by atoms with Crippen LogP contribution in [-0.4, -0.2) is 79.1 Å². The van der Waals surface area contributed by atoms with E-state index < -0.39 is 41.5 Å². The number of alkyl halides is 3. The molecule has 0 bridgehead atoms. The summed E-state index contributed by atoms with van der Waals surface area (Å²) in [4.78, 5) is 48.4. The van der Waals surface area contributed by atoms with Gasteiger partial charge in [-0.3, -0.25) is 14.4 Å². The molecule has 1 spiro atoms. The molecule has 0 aromatic carbocycles. The minimum Gasteiger partial charge on any atom is -0.464 e. The number of epoxide rings is 1. The molecule has 2 heterocycles. The zero-order valence-electron chi connectivity index (χ0n) is 21.5. The summed E-state index contributed by atoms with van der Waals surface area (Å²) in [6, 6.07) is 0. The molecule has 0 aromatic rings. The smallest absolute Gasteiger partial charge is 0.337 e. The van der Waals surface area contributed by atoms with Crippen LogP contribution in [0.15, 0.2) is 11.6 Å². The van der Waals surface area contributed by atoms with Crippen molar-refractivity contribution in [2.24, 2.45) is 22.7 Å². The van der Waals surface area contributed by atoms with Gasteiger partial charge in [0.2, 0.25) is 0 Å². The summed E-state index contributed by atoms with van der Waals surface area (Å²) in [5.74, 6) is -3.07. The minimum absolute atomic E-state index is 0.00127. The maximum atomic E-state index is 12.5. The number of carbonyl (C=O) groups is 4. The second kappa shape index (κ2) is 11.5. The number of allylic oxidation sites excluding steroid dienone is 1. The van der Waals surface area contributed by atoms with E-state index >= 15 is 0 Å². The number of fused-ring (bicyclic) bond motifs is 1. The van der Waals surface area contributed by atoms with Gasteiger partial charge in [-0.2, -0.15) is 0 Å². The fraction of sp³-hybridized carbons (Fsp3) is 0.769. The molecule has 2 aliphatic carbocycles. The van der Waals surface area contributed by atoms with Crippen LogP contribution in [0, 0.1) is 22.7 Å². The number of cyclic esters (lactones) is 1. The summed E-state index contributed by atoms with van der Waals surface area (Å²) in [6.07, 6.45) is 3.83. The highest BCUT2D eigenvalue weighted by Gasteiger charge is 2.67. The van der Waals surface area contributed by atoms with Crippen molar-refractivity contribution >= 4 is 58.7 Å². The molecule has 4 fully saturated rings. The fourth-order valence-electron chi connectivity index (χ4n) is 7.14. The second-order valence-electron chi connectivity index (χ2n) is 11.1. The first kappa shape index (κ1) is 29.4. The Morgan fingerprint density at radius 1 is 1.00 bits per heavy atom. The van der Waals surface area contributed by atoms with Crippen LogP contribution < -0.4 is 0 Å². The van der Waals surface area contributed by atoms with Crippen LogP contribution in [0.1, 0.15) is 46.0 Å². The highest BCUT2D eigenvalue weighted by molar-refractivity contribution is 6.27. The molecule has 9 nitrogen and oxygen atoms in total. The van der Waals surface area contributed by atoms with E-state index in [0.29, 0.717) is 25.0 Å². The van der Waals surface area contributed by atoms with Crippen LogP contribution in [0.25, 0.3) is 0 Å². The van der Waals surface area contributed by atoms with E-state index in [1.165, 1.54) is 0 Å². The van der Waals surface area contributed by atoms with E-state index in [2.05, 4.69) is 6.92 Å². The van der Waals surface area contributed by atoms with Gasteiger partial charge in [0.15, 0.2) is 6.10 Å². The average molecular weight is 596 g/mol. The van der Waals surface area contributed by atoms with Crippen molar-refractivity contribution in [3.8, 4) is 0 Å². The van der Waals surface area contributed by atoms with Gasteiger partial charge in [0.25, 0.3) is 0 Å². The normalized spacial score (nSPS) is 38.9. The average Bonchev–Trinajstić information content (AvgIpc) is 3.59. The van der Waals surface area contributed by atoms with Crippen LogP contribution >= 0.6 is 34.8 Å². The first-order chi connectivity index (χ1) is 18.0. The summed E-state index contributed by atoms with van der Waals surface area (Å²) < 4.78 is 27.8. The molecule has 2 unspecified atom stereocenters. The Bertz CT molecular complexity index is 996. The summed E-state index contributed by atoms with van der Waals surface area (Å²) in [5.41, 5.74) is -1.03. The van der Waals surface area contributed by atoms with Crippen molar-refractivity contribution in [1.82, 2.24) is 0 Å². The summed E-state index contributed by atoms with van der Waals surface area (Å²) in [7, 11) is 0. The van der Waals surface area contributed by atoms with E-state index in [1.54, 1.807) is 6.08 Å². The largest absolute Gasteiger partial charge is 0.464 e. The molecule has 2 saturated heterocycles. The number of carbonyl (C=O) groups excluding carboxylic acids is 4. The first-order valence-corrected chi connectivity index (χ1v) is 14.4. The monoisotopic (exact) mass is 594 g/mol. The van der Waals surface area contributed by atoms with Crippen LogP contribution in [0.5, 0.6) is 0 Å². The molecular weight excluding hydrogens is 563 g/mol. The number of hydrogen-bond acceptors (Lipinski definition) is 9. The first-order valence-electron chi connectivity index (χ1n) is 12.8. The molecule has 12 heteroatoms. The van der Waals surface area contributed by atoms with Crippen LogP contribution in [0.3, 0.4) is 0 Å². The standard InChI is InChI=1S/C26H33Cl3O9/c1-24-7-6-19(38-22(32)11-29)25(2,13-35-20(30)9-27)17(24)5-8-26(14-36-26)18(24)4-3-15-16(12-34-23(15)33)37-21(31)10-28/h3,16-19H,4-14H2,1-2H3/b15-3+/t16-,17?,18?,19-,24+,25+,26+/m1/s1. The van der Waals surface area contributed by atoms with Gasteiger partial charge < -0.3 is 23.7 Å². The van der Waals surface area contributed by atoms with E-state index in [-0.39, 0.29) is 53.7 Å². The summed E-state index contributed by atoms with van der Waals surface area (Å²) in [6.45, 7) is 4.80. The molecule has 7 atom stereocenters. The fourth-order valence-corrected chi connectivity index (χ4v) is 7.34. The Kier molecular flexibility index (Phi) is 8.92. The summed E-state index contributed by atoms with van der Waals surface area (Å²) in [5, 5.41) is 0. The van der Waals surface area contributed by atoms with Gasteiger partial charge in [-0.05, 0) is 49.4 Å². The van der Waals surface area contributed by atoms with E-state index in [1.807, 2.05) is 6.92 Å². The Hall–Kier alpha value is -1.55. The SMILES string of the molecule is C[C@]12CC[C@@H](OC(=O)CCl)[C@@](C)(COC(=O)CCl)C1CC[C@]1(CO1)C2C/C=C1/C(=O)OC[C@H]1OC(=O)CCl. The van der Waals surface area contributed by atoms with E-state index in [9.17, 15) is 19.2 Å². The lowest BCUT2D eigenvalue weighted by Crippen LogP contribution is -2.61. The molecule has 4 rings (SSSR count). The predicted molar refractivity (Wildman–Crippen MR) is 137 cm³/mol. The van der Waals surface area contributed by atoms with Crippen molar-refractivity contribution in [2.75, 3.05) is 37.5 Å². The van der Waals surface area contributed by atoms with Crippen LogP contribution in [-0.2, 0) is 42.9 Å². The van der Waals surface area contributed by atoms with Gasteiger partial charge in [-0.1, -0.05) is 19.9 Å². The molecule has 2 aliphatic heterocycles. The Morgan fingerprint density at radius 2 is 1.66 bits per heavy atom. The Balaban J connectivity index is 1.63. The highest BCUT2D eigenvalue weighted by Crippen LogP contribution is 2.66. The van der Waals surface area contributed by atoms with Crippen molar-refractivity contribution in [1.29, 1.82) is 0 Å². The number of esters is 4. The summed E-state index contributed by atoms with van der Waals surface area (Å²) >= 11 is 17.0. The zero-order chi connectivity index (χ0) is 27.7. The lowest BCUT2D eigenvalue weighted by atomic mass is 9.45. The number of hydrogen-bond donors (Lipinski definition) is 0. The van der Waals surface area contributed by atoms with Gasteiger partial charge in [0, 0.05) is 5.41 Å². The van der Waals surface area contributed by atoms with Crippen LogP contribution in [0.2, 0.25) is 0 Å². The molecule has 212 valence electrons. The number of ether oxygens (including phenoxy) is 5. The van der Waals surface area contributed by atoms with Crippen molar-refractivity contribution in [2.45, 2.75) is 63.8 Å². The molecular formula is C26H33Cl3O9. The zero-order valence-corrected chi connectivity index (χ0v) is 23.7. The molecule has 0 amide bonds. The van der Waals surface area contributed by atoms with Gasteiger partial charge in [-0.25, -0.2) is 4.79 Å². The topological polar surface area (TPSA) is 118 Å². The van der Waals surface area contributed by atoms with E-state index in [4.69, 9.17) is 58.5 Å². The van der Waals surface area contributed by atoms with Gasteiger partial charge in [0.05, 0.1) is 17.8 Å². The van der Waals surface area contributed by atoms with Crippen molar-refractivity contribution in [3.05, 3.63) is 11.6 Å². The van der Waals surface area contributed by atoms with Gasteiger partial charge >= 0.3 is 23.9 Å². The third-order valence-electron chi connectivity index (χ3n) is 9.02. The third kappa shape index (κ3) is 5.54. The lowest BCUT2D eigenvalue weighted by Gasteiger charge is -2.61. The molecule has 2 saturated carbocycles. The predicted octanol–water partition coefficient (Wildman–Crippen LogP) is 3.54. The second-order valence-corrected chi connectivity index (χ2v) is 11.9. The van der Waals surface area contributed by atoms with E-state index in [0.717, 1.165) is 19.3 Å². The third-order valence-corrected chi connectivity index (χ3v) is 9.67. The maximum Gasteiger partial charge on any atom is 0.337 e. The molecule has 0 radical (unpaired) electrons. The Labute approximate surface area is 236 Å². The molecule has 0 N–H and O–H groups in total. The minimum atomic E-state index is -0.803. The molecule has 4 aliphatic rings. The lowest BCUT2D eigenvalue weighted by molar-refractivity contribution is -0.201. The number of rotatable bonds is 9.